The van der Waals surface area contributed by atoms with Crippen molar-refractivity contribution in [2.24, 2.45) is 11.5 Å². The largest absolute Gasteiger partial charge is 0.479 e. The summed E-state index contributed by atoms with van der Waals surface area (Å²) in [6.45, 7) is 3.78. The van der Waals surface area contributed by atoms with Crippen molar-refractivity contribution in [2.75, 3.05) is 17.7 Å². The Morgan fingerprint density at radius 3 is 2.54 bits per heavy atom. The number of carbonyl (C=O) groups is 1. The Bertz CT molecular complexity index is 847. The van der Waals surface area contributed by atoms with Crippen molar-refractivity contribution < 1.29 is 18.3 Å². The predicted octanol–water partition coefficient (Wildman–Crippen LogP) is 2.53. The van der Waals surface area contributed by atoms with Gasteiger partial charge in [-0.15, -0.1) is 0 Å². The van der Waals surface area contributed by atoms with Crippen LogP contribution in [0.4, 0.5) is 26.1 Å². The molecule has 10 heteroatoms. The number of nitrogens with two attached hydrogens (primary N) is 2. The van der Waals surface area contributed by atoms with Gasteiger partial charge in [-0.2, -0.15) is 0 Å². The number of ether oxygens (including phenoxy) is 1. The van der Waals surface area contributed by atoms with E-state index in [9.17, 15) is 13.6 Å². The zero-order valence-corrected chi connectivity index (χ0v) is 15.9. The van der Waals surface area contributed by atoms with Crippen LogP contribution in [0.1, 0.15) is 37.0 Å². The van der Waals surface area contributed by atoms with Gasteiger partial charge in [-0.05, 0) is 19.4 Å². The third kappa shape index (κ3) is 5.03. The van der Waals surface area contributed by atoms with Crippen LogP contribution in [0.5, 0.6) is 5.88 Å². The second-order valence-electron chi connectivity index (χ2n) is 6.32. The van der Waals surface area contributed by atoms with E-state index in [0.717, 1.165) is 18.6 Å². The average Bonchev–Trinajstić information content (AvgIpc) is 2.63. The third-order valence-electron chi connectivity index (χ3n) is 4.06. The molecule has 2 aromatic heterocycles. The molecule has 2 rings (SSSR count). The molecule has 0 spiro atoms. The lowest BCUT2D eigenvalue weighted by molar-refractivity contribution is 0.100. The molecule has 2 heterocycles. The van der Waals surface area contributed by atoms with Crippen LogP contribution in [0.3, 0.4) is 0 Å². The maximum absolute atomic E-state index is 14.5. The van der Waals surface area contributed by atoms with Crippen molar-refractivity contribution in [3.05, 3.63) is 35.5 Å². The SMILES string of the molecule is CCCC(Nc1nc(Nc2cnc(OC)c(F)c2)c(C(N)=O)cc1F)C(C)N. The van der Waals surface area contributed by atoms with Gasteiger partial charge in [-0.25, -0.2) is 18.7 Å². The molecule has 0 bridgehead atoms. The fraction of sp³-hybridized carbons (Fsp3) is 0.389. The van der Waals surface area contributed by atoms with Gasteiger partial charge in [0.1, 0.15) is 5.82 Å². The van der Waals surface area contributed by atoms with Gasteiger partial charge in [-0.3, -0.25) is 4.79 Å². The van der Waals surface area contributed by atoms with Gasteiger partial charge in [0.05, 0.1) is 24.6 Å². The highest BCUT2D eigenvalue weighted by molar-refractivity contribution is 5.98. The maximum Gasteiger partial charge on any atom is 0.252 e. The summed E-state index contributed by atoms with van der Waals surface area (Å²) in [6, 6.07) is 1.60. The standard InChI is InChI=1S/C18H24F2N6O2/c1-4-5-14(9(2)21)25-17-12(19)7-11(15(22)27)16(26-17)24-10-6-13(20)18(28-3)23-8-10/h6-9,14H,4-5,21H2,1-3H3,(H2,22,27)(H2,24,25,26). The molecule has 28 heavy (non-hydrogen) atoms. The number of carbonyl (C=O) groups excluding carboxylic acids is 1. The molecule has 2 unspecified atom stereocenters. The molecule has 0 aliphatic carbocycles. The molecule has 0 fully saturated rings. The minimum atomic E-state index is -0.889. The van der Waals surface area contributed by atoms with Crippen LogP contribution in [0.15, 0.2) is 18.3 Å². The lowest BCUT2D eigenvalue weighted by Crippen LogP contribution is -2.38. The summed E-state index contributed by atoms with van der Waals surface area (Å²) in [5.74, 6) is -2.67. The summed E-state index contributed by atoms with van der Waals surface area (Å²) >= 11 is 0. The quantitative estimate of drug-likeness (QED) is 0.514. The smallest absolute Gasteiger partial charge is 0.252 e. The Balaban J connectivity index is 2.41. The molecule has 0 aromatic carbocycles. The van der Waals surface area contributed by atoms with E-state index in [1.165, 1.54) is 13.3 Å². The highest BCUT2D eigenvalue weighted by Gasteiger charge is 2.20. The van der Waals surface area contributed by atoms with Crippen LogP contribution in [0.25, 0.3) is 0 Å². The molecule has 152 valence electrons. The molecule has 8 nitrogen and oxygen atoms in total. The number of aromatic nitrogens is 2. The van der Waals surface area contributed by atoms with Crippen LogP contribution in [-0.4, -0.2) is 35.1 Å². The van der Waals surface area contributed by atoms with E-state index in [4.69, 9.17) is 16.2 Å². The number of hydrogen-bond acceptors (Lipinski definition) is 7. The van der Waals surface area contributed by atoms with E-state index in [2.05, 4.69) is 20.6 Å². The number of hydrogen-bond donors (Lipinski definition) is 4. The van der Waals surface area contributed by atoms with Gasteiger partial charge < -0.3 is 26.8 Å². The number of primary amides is 1. The van der Waals surface area contributed by atoms with E-state index in [1.54, 1.807) is 6.92 Å². The van der Waals surface area contributed by atoms with Gasteiger partial charge in [0.2, 0.25) is 5.88 Å². The Labute approximate surface area is 161 Å². The molecule has 0 radical (unpaired) electrons. The van der Waals surface area contributed by atoms with Crippen molar-refractivity contribution in [1.29, 1.82) is 0 Å². The molecule has 0 saturated heterocycles. The summed E-state index contributed by atoms with van der Waals surface area (Å²) < 4.78 is 33.1. The van der Waals surface area contributed by atoms with E-state index in [-0.39, 0.29) is 40.9 Å². The fourth-order valence-electron chi connectivity index (χ4n) is 2.61. The van der Waals surface area contributed by atoms with E-state index >= 15 is 0 Å². The molecule has 0 saturated carbocycles. The predicted molar refractivity (Wildman–Crippen MR) is 103 cm³/mol. The van der Waals surface area contributed by atoms with Crippen LogP contribution in [0.2, 0.25) is 0 Å². The van der Waals surface area contributed by atoms with Gasteiger partial charge >= 0.3 is 0 Å². The molecule has 2 aromatic rings. The van der Waals surface area contributed by atoms with Gasteiger partial charge in [0, 0.05) is 18.2 Å². The summed E-state index contributed by atoms with van der Waals surface area (Å²) in [7, 11) is 1.29. The normalized spacial score (nSPS) is 12.9. The molecule has 6 N–H and O–H groups in total. The second kappa shape index (κ2) is 9.27. The number of nitrogens with zero attached hydrogens (tertiary/aromatic N) is 2. The van der Waals surface area contributed by atoms with E-state index in [0.29, 0.717) is 6.42 Å². The molecule has 2 atom stereocenters. The summed E-state index contributed by atoms with van der Waals surface area (Å²) in [6.07, 6.45) is 2.82. The zero-order valence-electron chi connectivity index (χ0n) is 15.9. The summed E-state index contributed by atoms with van der Waals surface area (Å²) in [5, 5.41) is 5.70. The van der Waals surface area contributed by atoms with Crippen molar-refractivity contribution in [2.45, 2.75) is 38.8 Å². The number of pyridine rings is 2. The number of anilines is 3. The fourth-order valence-corrected chi connectivity index (χ4v) is 2.61. The minimum absolute atomic E-state index is 0.0392. The Kier molecular flexibility index (Phi) is 7.05. The lowest BCUT2D eigenvalue weighted by atomic mass is 10.1. The second-order valence-corrected chi connectivity index (χ2v) is 6.32. The van der Waals surface area contributed by atoms with Crippen LogP contribution in [-0.2, 0) is 0 Å². The highest BCUT2D eigenvalue weighted by Crippen LogP contribution is 2.26. The Hall–Kier alpha value is -3.01. The van der Waals surface area contributed by atoms with Gasteiger partial charge in [0.15, 0.2) is 17.5 Å². The Morgan fingerprint density at radius 2 is 2.00 bits per heavy atom. The molecular formula is C18H24F2N6O2. The minimum Gasteiger partial charge on any atom is -0.479 e. The first-order valence-corrected chi connectivity index (χ1v) is 8.75. The molecule has 0 aliphatic heterocycles. The van der Waals surface area contributed by atoms with Crippen LogP contribution in [0, 0.1) is 11.6 Å². The number of halogens is 2. The monoisotopic (exact) mass is 394 g/mol. The number of rotatable bonds is 9. The van der Waals surface area contributed by atoms with Crippen molar-refractivity contribution in [1.82, 2.24) is 9.97 Å². The van der Waals surface area contributed by atoms with Crippen LogP contribution < -0.4 is 26.8 Å². The summed E-state index contributed by atoms with van der Waals surface area (Å²) in [5.41, 5.74) is 11.3. The molecule has 1 amide bonds. The first-order chi connectivity index (χ1) is 13.3. The molecule has 0 aliphatic rings. The molecular weight excluding hydrogens is 370 g/mol. The van der Waals surface area contributed by atoms with E-state index < -0.39 is 17.5 Å². The topological polar surface area (TPSA) is 128 Å². The number of amides is 1. The third-order valence-corrected chi connectivity index (χ3v) is 4.06. The van der Waals surface area contributed by atoms with Crippen LogP contribution >= 0.6 is 0 Å². The summed E-state index contributed by atoms with van der Waals surface area (Å²) in [4.78, 5) is 19.6. The first kappa shape index (κ1) is 21.3. The zero-order chi connectivity index (χ0) is 20.8. The van der Waals surface area contributed by atoms with Gasteiger partial charge in [0.25, 0.3) is 5.91 Å². The first-order valence-electron chi connectivity index (χ1n) is 8.75. The van der Waals surface area contributed by atoms with Crippen molar-refractivity contribution in [3.8, 4) is 5.88 Å². The van der Waals surface area contributed by atoms with Crippen molar-refractivity contribution in [3.63, 3.8) is 0 Å². The van der Waals surface area contributed by atoms with Crippen molar-refractivity contribution >= 4 is 23.2 Å². The van der Waals surface area contributed by atoms with E-state index in [1.807, 2.05) is 6.92 Å². The maximum atomic E-state index is 14.5. The number of nitrogens with one attached hydrogen (secondary N) is 2. The van der Waals surface area contributed by atoms with Gasteiger partial charge in [-0.1, -0.05) is 13.3 Å². The Morgan fingerprint density at radius 1 is 1.29 bits per heavy atom. The average molecular weight is 394 g/mol. The lowest BCUT2D eigenvalue weighted by Gasteiger charge is -2.23. The highest BCUT2D eigenvalue weighted by atomic mass is 19.1. The number of methoxy groups -OCH3 is 1.